The number of benzene rings is 2. The molecule has 4 unspecified atom stereocenters. The Hall–Kier alpha value is -4.33. The van der Waals surface area contributed by atoms with E-state index in [2.05, 4.69) is 37.6 Å². The minimum Gasteiger partial charge on any atom is -0.508 e. The molecule has 2 aromatic carbocycles. The lowest BCUT2D eigenvalue weighted by Crippen LogP contribution is -2.51. The number of ether oxygens (including phenoxy) is 1. The number of rotatable bonds is 5. The lowest BCUT2D eigenvalue weighted by Gasteiger charge is -2.34. The fourth-order valence-electron chi connectivity index (χ4n) is 7.85. The smallest absolute Gasteiger partial charge is 0.319 e. The summed E-state index contributed by atoms with van der Waals surface area (Å²) in [6.07, 6.45) is 9.59. The summed E-state index contributed by atoms with van der Waals surface area (Å²) < 4.78 is 37.5. The topological polar surface area (TPSA) is 86.6 Å². The summed E-state index contributed by atoms with van der Waals surface area (Å²) in [7, 11) is 0. The van der Waals surface area contributed by atoms with Crippen LogP contribution in [0.3, 0.4) is 0 Å². The van der Waals surface area contributed by atoms with Crippen LogP contribution in [0.25, 0.3) is 32.9 Å². The zero-order valence-electron chi connectivity index (χ0n) is 24.2. The third kappa shape index (κ3) is 4.37. The van der Waals surface area contributed by atoms with Gasteiger partial charge in [0.25, 0.3) is 0 Å². The number of nitrogens with one attached hydrogen (secondary N) is 1. The first-order valence-corrected chi connectivity index (χ1v) is 15.1. The van der Waals surface area contributed by atoms with Crippen molar-refractivity contribution in [3.05, 3.63) is 60.1 Å². The van der Waals surface area contributed by atoms with E-state index in [0.717, 1.165) is 31.5 Å². The molecular weight excluding hydrogens is 562 g/mol. The van der Waals surface area contributed by atoms with Gasteiger partial charge in [0.1, 0.15) is 35.6 Å². The summed E-state index contributed by atoms with van der Waals surface area (Å²) in [5.74, 6) is 2.54. The van der Waals surface area contributed by atoms with Crippen molar-refractivity contribution in [1.29, 1.82) is 0 Å². The fraction of sp³-hybridized carbons (Fsp3) is 0.382. The predicted molar refractivity (Wildman–Crippen MR) is 165 cm³/mol. The Morgan fingerprint density at radius 3 is 2.80 bits per heavy atom. The number of phenolic OH excluding ortho intramolecular Hbond substituents is 1. The van der Waals surface area contributed by atoms with E-state index in [1.54, 1.807) is 24.4 Å². The van der Waals surface area contributed by atoms with Crippen LogP contribution in [0.15, 0.2) is 48.7 Å². The van der Waals surface area contributed by atoms with Crippen LogP contribution in [-0.2, 0) is 0 Å². The van der Waals surface area contributed by atoms with E-state index in [9.17, 15) is 9.50 Å². The van der Waals surface area contributed by atoms with Crippen LogP contribution >= 0.6 is 0 Å². The normalized spacial score (nSPS) is 26.4. The van der Waals surface area contributed by atoms with Gasteiger partial charge in [-0.15, -0.1) is 6.42 Å². The summed E-state index contributed by atoms with van der Waals surface area (Å²) in [6.45, 7) is 6.73. The van der Waals surface area contributed by atoms with E-state index in [0.29, 0.717) is 71.1 Å². The molecule has 4 fully saturated rings. The average Bonchev–Trinajstić information content (AvgIpc) is 3.61. The summed E-state index contributed by atoms with van der Waals surface area (Å²) in [5.41, 5.74) is 1.54. The molecule has 0 radical (unpaired) electrons. The summed E-state index contributed by atoms with van der Waals surface area (Å²) >= 11 is 0. The highest BCUT2D eigenvalue weighted by atomic mass is 19.1. The molecule has 8 nitrogen and oxygen atoms in total. The molecule has 4 aliphatic heterocycles. The van der Waals surface area contributed by atoms with Crippen molar-refractivity contribution in [2.24, 2.45) is 0 Å². The van der Waals surface area contributed by atoms with Crippen molar-refractivity contribution in [1.82, 2.24) is 25.2 Å². The number of aromatic hydroxyl groups is 1. The highest BCUT2D eigenvalue weighted by Crippen LogP contribution is 2.43. The van der Waals surface area contributed by atoms with E-state index >= 15 is 4.39 Å². The number of pyridine rings is 1. The van der Waals surface area contributed by atoms with Crippen LogP contribution in [0.4, 0.5) is 14.6 Å². The van der Waals surface area contributed by atoms with Crippen molar-refractivity contribution in [2.75, 3.05) is 37.7 Å². The molecule has 4 atom stereocenters. The zero-order valence-corrected chi connectivity index (χ0v) is 24.2. The van der Waals surface area contributed by atoms with Crippen LogP contribution in [0.1, 0.15) is 31.2 Å². The number of aromatic nitrogens is 3. The van der Waals surface area contributed by atoms with Gasteiger partial charge in [-0.05, 0) is 42.8 Å². The molecule has 0 amide bonds. The van der Waals surface area contributed by atoms with Crippen LogP contribution in [0, 0.1) is 18.2 Å². The minimum absolute atomic E-state index is 0.0185. The fourth-order valence-corrected chi connectivity index (χ4v) is 7.85. The number of hydrogen-bond acceptors (Lipinski definition) is 8. The van der Waals surface area contributed by atoms with Crippen LogP contribution < -0.4 is 15.0 Å². The van der Waals surface area contributed by atoms with Crippen LogP contribution in [0.5, 0.6) is 11.8 Å². The first-order chi connectivity index (χ1) is 21.3. The number of fused-ring (bicyclic) bond motifs is 5. The second-order valence-corrected chi connectivity index (χ2v) is 12.7. The summed E-state index contributed by atoms with van der Waals surface area (Å²) in [6, 6.07) is 9.12. The maximum atomic E-state index is 16.8. The van der Waals surface area contributed by atoms with Crippen LogP contribution in [-0.4, -0.2) is 81.5 Å². The molecule has 6 heterocycles. The minimum atomic E-state index is -0.938. The molecule has 4 aromatic rings. The van der Waals surface area contributed by atoms with Gasteiger partial charge in [0.05, 0.1) is 10.9 Å². The molecule has 224 valence electrons. The number of nitrogens with zero attached hydrogens (tertiary/aromatic N) is 5. The Kier molecular flexibility index (Phi) is 6.26. The van der Waals surface area contributed by atoms with Crippen molar-refractivity contribution >= 4 is 27.5 Å². The Balaban J connectivity index is 1.26. The van der Waals surface area contributed by atoms with Crippen molar-refractivity contribution in [2.45, 2.75) is 49.5 Å². The van der Waals surface area contributed by atoms with Gasteiger partial charge in [0.15, 0.2) is 5.82 Å². The number of anilines is 1. The molecule has 2 N–H and O–H groups in total. The molecule has 2 bridgehead atoms. The lowest BCUT2D eigenvalue weighted by atomic mass is 9.93. The first-order valence-electron chi connectivity index (χ1n) is 15.1. The van der Waals surface area contributed by atoms with Gasteiger partial charge in [-0.3, -0.25) is 9.88 Å². The quantitative estimate of drug-likeness (QED) is 0.253. The van der Waals surface area contributed by atoms with Crippen LogP contribution in [0.2, 0.25) is 0 Å². The molecule has 8 rings (SSSR count). The largest absolute Gasteiger partial charge is 0.508 e. The lowest BCUT2D eigenvalue weighted by molar-refractivity contribution is 0.107. The zero-order chi connectivity index (χ0) is 30.2. The van der Waals surface area contributed by atoms with Crippen molar-refractivity contribution < 1.29 is 18.6 Å². The number of halogens is 2. The molecule has 4 aliphatic rings. The van der Waals surface area contributed by atoms with Gasteiger partial charge >= 0.3 is 6.01 Å². The highest BCUT2D eigenvalue weighted by molar-refractivity contribution is 6.02. The molecule has 0 saturated carbocycles. The number of terminal acetylenes is 1. The van der Waals surface area contributed by atoms with Crippen molar-refractivity contribution in [3.8, 4) is 35.4 Å². The second kappa shape index (κ2) is 10.1. The molecular formula is C34H32F2N6O2. The first kappa shape index (κ1) is 27.2. The monoisotopic (exact) mass is 594 g/mol. The van der Waals surface area contributed by atoms with E-state index < -0.39 is 17.5 Å². The maximum absolute atomic E-state index is 16.8. The number of piperazine rings is 1. The molecule has 0 spiro atoms. The molecule has 44 heavy (non-hydrogen) atoms. The molecule has 0 aliphatic carbocycles. The highest BCUT2D eigenvalue weighted by Gasteiger charge is 2.50. The predicted octanol–water partition coefficient (Wildman–Crippen LogP) is 4.73. The van der Waals surface area contributed by atoms with Crippen molar-refractivity contribution in [3.63, 3.8) is 0 Å². The van der Waals surface area contributed by atoms with Gasteiger partial charge in [0.2, 0.25) is 0 Å². The molecule has 2 aromatic heterocycles. The maximum Gasteiger partial charge on any atom is 0.319 e. The average molecular weight is 595 g/mol. The van der Waals surface area contributed by atoms with E-state index in [4.69, 9.17) is 16.1 Å². The Morgan fingerprint density at radius 2 is 2.00 bits per heavy atom. The van der Waals surface area contributed by atoms with Gasteiger partial charge < -0.3 is 20.1 Å². The summed E-state index contributed by atoms with van der Waals surface area (Å²) in [4.78, 5) is 18.2. The van der Waals surface area contributed by atoms with Gasteiger partial charge in [-0.25, -0.2) is 8.78 Å². The standard InChI is InChI=1S/C34H32F2N6O2/c1-3-20-5-4-6-21-9-25(43)10-26(28(20)21)30-29(36)31-27(13-37-30)32(41-16-23-7-8-24(17-41)38-23)40-33(39-31)44-18-34-11-19(2)14-42(34)15-22(35)12-34/h1,4-6,9-10,13,22-24,38,43H,2,7-8,11-12,14-18H2. The number of phenols is 1. The van der Waals surface area contributed by atoms with E-state index in [1.165, 1.54) is 6.07 Å². The van der Waals surface area contributed by atoms with Gasteiger partial charge in [0, 0.05) is 67.4 Å². The Labute approximate surface area is 253 Å². The van der Waals surface area contributed by atoms with Gasteiger partial charge in [-0.1, -0.05) is 30.2 Å². The Bertz CT molecular complexity index is 1880. The van der Waals surface area contributed by atoms with Gasteiger partial charge in [-0.2, -0.15) is 9.97 Å². The SMILES string of the molecule is C#Cc1cccc2cc(O)cc(-c3ncc4c(N5CC6CCC(C5)N6)nc(OCC56CC(=C)CN5CC(F)C6)nc4c3F)c12. The van der Waals surface area contributed by atoms with E-state index in [-0.39, 0.29) is 29.6 Å². The summed E-state index contributed by atoms with van der Waals surface area (Å²) in [5, 5.41) is 15.9. The number of hydrogen-bond donors (Lipinski definition) is 2. The number of alkyl halides is 1. The van der Waals surface area contributed by atoms with E-state index in [1.807, 2.05) is 6.07 Å². The Morgan fingerprint density at radius 1 is 1.18 bits per heavy atom. The third-order valence-electron chi connectivity index (χ3n) is 9.69. The molecule has 10 heteroatoms. The second-order valence-electron chi connectivity index (χ2n) is 12.7. The molecule has 4 saturated heterocycles. The third-order valence-corrected chi connectivity index (χ3v) is 9.69.